The summed E-state index contributed by atoms with van der Waals surface area (Å²) in [7, 11) is 3.26. The van der Waals surface area contributed by atoms with Crippen molar-refractivity contribution in [3.63, 3.8) is 0 Å². The maximum absolute atomic E-state index is 12.6. The predicted octanol–water partition coefficient (Wildman–Crippen LogP) is 4.09. The first-order valence-corrected chi connectivity index (χ1v) is 9.58. The van der Waals surface area contributed by atoms with Crippen molar-refractivity contribution in [3.05, 3.63) is 50.3 Å². The van der Waals surface area contributed by atoms with Gasteiger partial charge in [0.15, 0.2) is 4.80 Å². The van der Waals surface area contributed by atoms with Crippen LogP contribution in [0.25, 0.3) is 10.2 Å². The molecule has 2 aromatic carbocycles. The van der Waals surface area contributed by atoms with E-state index in [9.17, 15) is 4.79 Å². The molecule has 0 N–H and O–H groups in total. The summed E-state index contributed by atoms with van der Waals surface area (Å²) >= 11 is 3.58. The molecule has 0 unspecified atom stereocenters. The van der Waals surface area contributed by atoms with E-state index in [1.807, 2.05) is 41.8 Å². The molecule has 0 fully saturated rings. The first-order valence-electron chi connectivity index (χ1n) is 7.68. The number of ether oxygens (including phenoxy) is 2. The van der Waals surface area contributed by atoms with E-state index in [0.717, 1.165) is 25.3 Å². The van der Waals surface area contributed by atoms with Crippen molar-refractivity contribution in [2.45, 2.75) is 13.5 Å². The van der Waals surface area contributed by atoms with Gasteiger partial charge in [-0.25, -0.2) is 0 Å². The zero-order valence-electron chi connectivity index (χ0n) is 14.1. The van der Waals surface area contributed by atoms with Crippen molar-refractivity contribution in [2.24, 2.45) is 4.99 Å². The molecule has 25 heavy (non-hydrogen) atoms. The molecule has 1 heterocycles. The molecule has 0 saturated heterocycles. The Labute approximate surface area is 163 Å². The zero-order chi connectivity index (χ0) is 18.0. The van der Waals surface area contributed by atoms with Crippen LogP contribution in [0.3, 0.4) is 0 Å². The number of carbonyl (C=O) groups excluding carboxylic acids is 1. The van der Waals surface area contributed by atoms with Crippen LogP contribution in [0.15, 0.2) is 41.4 Å². The first-order chi connectivity index (χ1) is 12.1. The van der Waals surface area contributed by atoms with Crippen LogP contribution in [0.5, 0.6) is 11.5 Å². The van der Waals surface area contributed by atoms with E-state index >= 15 is 0 Å². The monoisotopic (exact) mass is 468 g/mol. The van der Waals surface area contributed by atoms with E-state index < -0.39 is 0 Å². The van der Waals surface area contributed by atoms with Gasteiger partial charge in [0.25, 0.3) is 5.91 Å². The Morgan fingerprint density at radius 1 is 1.16 bits per heavy atom. The van der Waals surface area contributed by atoms with Crippen molar-refractivity contribution in [1.82, 2.24) is 4.57 Å². The highest BCUT2D eigenvalue weighted by atomic mass is 127. The lowest BCUT2D eigenvalue weighted by molar-refractivity contribution is 0.0997. The second-order valence-corrected chi connectivity index (χ2v) is 7.31. The number of hydrogen-bond donors (Lipinski definition) is 0. The van der Waals surface area contributed by atoms with Crippen LogP contribution in [0.1, 0.15) is 17.3 Å². The molecule has 0 radical (unpaired) electrons. The van der Waals surface area contributed by atoms with E-state index in [1.165, 1.54) is 11.3 Å². The van der Waals surface area contributed by atoms with E-state index in [2.05, 4.69) is 27.6 Å². The number of halogens is 1. The van der Waals surface area contributed by atoms with Gasteiger partial charge in [0.1, 0.15) is 21.7 Å². The summed E-state index contributed by atoms with van der Waals surface area (Å²) in [6.07, 6.45) is 0. The van der Waals surface area contributed by atoms with E-state index in [0.29, 0.717) is 16.9 Å². The van der Waals surface area contributed by atoms with Crippen molar-refractivity contribution >= 4 is 50.1 Å². The lowest BCUT2D eigenvalue weighted by Gasteiger charge is -2.08. The molecule has 0 saturated carbocycles. The second-order valence-electron chi connectivity index (χ2n) is 5.17. The van der Waals surface area contributed by atoms with Crippen molar-refractivity contribution in [2.75, 3.05) is 14.2 Å². The van der Waals surface area contributed by atoms with E-state index in [-0.39, 0.29) is 5.91 Å². The third-order valence-electron chi connectivity index (χ3n) is 3.81. The van der Waals surface area contributed by atoms with Crippen LogP contribution >= 0.6 is 33.9 Å². The topological polar surface area (TPSA) is 52.8 Å². The van der Waals surface area contributed by atoms with E-state index in [1.54, 1.807) is 20.3 Å². The number of fused-ring (bicyclic) bond motifs is 1. The first kappa shape index (κ1) is 17.9. The van der Waals surface area contributed by atoms with Gasteiger partial charge in [-0.15, -0.1) is 0 Å². The number of benzene rings is 2. The standard InChI is InChI=1S/C18H17IN2O3S/c1-4-21-15-13(23-2)9-10-14(24-3)16(15)25-18(21)20-17(22)11-7-5-6-8-12(11)19/h5-10H,4H2,1-3H3. The number of amides is 1. The Balaban J connectivity index is 2.26. The summed E-state index contributed by atoms with van der Waals surface area (Å²) in [6.45, 7) is 2.68. The van der Waals surface area contributed by atoms with Gasteiger partial charge in [0.2, 0.25) is 0 Å². The molecular weight excluding hydrogens is 451 g/mol. The maximum atomic E-state index is 12.6. The second kappa shape index (κ2) is 7.57. The average molecular weight is 468 g/mol. The average Bonchev–Trinajstić information content (AvgIpc) is 2.99. The molecule has 0 spiro atoms. The quantitative estimate of drug-likeness (QED) is 0.543. The molecule has 0 aliphatic heterocycles. The molecule has 0 aliphatic rings. The highest BCUT2D eigenvalue weighted by molar-refractivity contribution is 14.1. The van der Waals surface area contributed by atoms with Gasteiger partial charge >= 0.3 is 0 Å². The van der Waals surface area contributed by atoms with Crippen LogP contribution in [-0.2, 0) is 6.54 Å². The lowest BCUT2D eigenvalue weighted by Crippen LogP contribution is -2.16. The normalized spacial score (nSPS) is 11.8. The molecule has 0 atom stereocenters. The minimum Gasteiger partial charge on any atom is -0.495 e. The molecule has 3 aromatic rings. The molecule has 1 amide bonds. The minimum absolute atomic E-state index is 0.253. The highest BCUT2D eigenvalue weighted by Gasteiger charge is 2.16. The van der Waals surface area contributed by atoms with Gasteiger partial charge in [-0.1, -0.05) is 23.5 Å². The van der Waals surface area contributed by atoms with Crippen molar-refractivity contribution in [3.8, 4) is 11.5 Å². The number of rotatable bonds is 4. The fourth-order valence-electron chi connectivity index (χ4n) is 2.61. The largest absolute Gasteiger partial charge is 0.495 e. The lowest BCUT2D eigenvalue weighted by atomic mass is 10.2. The summed E-state index contributed by atoms with van der Waals surface area (Å²) in [4.78, 5) is 17.7. The number of aryl methyl sites for hydroxylation is 1. The maximum Gasteiger partial charge on any atom is 0.280 e. The van der Waals surface area contributed by atoms with Crippen LogP contribution in [0, 0.1) is 3.57 Å². The Kier molecular flexibility index (Phi) is 5.43. The van der Waals surface area contributed by atoms with Crippen LogP contribution in [-0.4, -0.2) is 24.7 Å². The summed E-state index contributed by atoms with van der Waals surface area (Å²) in [5.41, 5.74) is 1.49. The highest BCUT2D eigenvalue weighted by Crippen LogP contribution is 2.35. The van der Waals surface area contributed by atoms with Crippen LogP contribution in [0.2, 0.25) is 0 Å². The SMILES string of the molecule is CCn1c(=NC(=O)c2ccccc2I)sc2c(OC)ccc(OC)c21. The molecule has 5 nitrogen and oxygen atoms in total. The van der Waals surface area contributed by atoms with Gasteiger partial charge in [0.05, 0.1) is 19.8 Å². The molecule has 0 aliphatic carbocycles. The summed E-state index contributed by atoms with van der Waals surface area (Å²) in [6, 6.07) is 11.2. The number of aromatic nitrogens is 1. The zero-order valence-corrected chi connectivity index (χ0v) is 17.1. The van der Waals surface area contributed by atoms with Gasteiger partial charge in [-0.2, -0.15) is 4.99 Å². The van der Waals surface area contributed by atoms with Gasteiger partial charge in [-0.3, -0.25) is 4.79 Å². The third-order valence-corrected chi connectivity index (χ3v) is 5.84. The number of hydrogen-bond acceptors (Lipinski definition) is 4. The van der Waals surface area contributed by atoms with Gasteiger partial charge in [0, 0.05) is 10.1 Å². The Bertz CT molecular complexity index is 1010. The molecular formula is C18H17IN2O3S. The Morgan fingerprint density at radius 2 is 1.84 bits per heavy atom. The summed E-state index contributed by atoms with van der Waals surface area (Å²) < 4.78 is 14.7. The van der Waals surface area contributed by atoms with Gasteiger partial charge < -0.3 is 14.0 Å². The van der Waals surface area contributed by atoms with Crippen molar-refractivity contribution < 1.29 is 14.3 Å². The molecule has 130 valence electrons. The fourth-order valence-corrected chi connectivity index (χ4v) is 4.43. The van der Waals surface area contributed by atoms with Crippen molar-refractivity contribution in [1.29, 1.82) is 0 Å². The number of nitrogens with zero attached hydrogens (tertiary/aromatic N) is 2. The Morgan fingerprint density at radius 3 is 2.48 bits per heavy atom. The van der Waals surface area contributed by atoms with Crippen LogP contribution < -0.4 is 14.3 Å². The Hall–Kier alpha value is -1.87. The number of carbonyl (C=O) groups is 1. The minimum atomic E-state index is -0.253. The molecule has 0 bridgehead atoms. The molecule has 1 aromatic heterocycles. The fraction of sp³-hybridized carbons (Fsp3) is 0.222. The number of thiazole rings is 1. The predicted molar refractivity (Wildman–Crippen MR) is 108 cm³/mol. The molecule has 7 heteroatoms. The number of methoxy groups -OCH3 is 2. The third kappa shape index (κ3) is 3.30. The van der Waals surface area contributed by atoms with Crippen LogP contribution in [0.4, 0.5) is 0 Å². The van der Waals surface area contributed by atoms with Gasteiger partial charge in [-0.05, 0) is 53.8 Å². The summed E-state index contributed by atoms with van der Waals surface area (Å²) in [5.74, 6) is 1.22. The smallest absolute Gasteiger partial charge is 0.280 e. The molecule has 3 rings (SSSR count). The summed E-state index contributed by atoms with van der Waals surface area (Å²) in [5, 5.41) is 0. The van der Waals surface area contributed by atoms with E-state index in [4.69, 9.17) is 9.47 Å².